The molecule has 0 unspecified atom stereocenters. The fraction of sp³-hybridized carbons (Fsp3) is 0.0385. The number of hydrogen-bond donors (Lipinski definition) is 0. The lowest BCUT2D eigenvalue weighted by atomic mass is 10.0. The number of thioether (sulfide) groups is 1. The van der Waals surface area contributed by atoms with Gasteiger partial charge in [-0.15, -0.1) is 0 Å². The maximum atomic E-state index is 6.27. The van der Waals surface area contributed by atoms with Gasteiger partial charge in [0.15, 0.2) is 5.16 Å². The van der Waals surface area contributed by atoms with E-state index in [1.807, 2.05) is 12.1 Å². The number of fused-ring (bicyclic) bond motifs is 8. The third kappa shape index (κ3) is 2.20. The van der Waals surface area contributed by atoms with Gasteiger partial charge in [0.25, 0.3) is 0 Å². The van der Waals surface area contributed by atoms with E-state index in [9.17, 15) is 0 Å². The summed E-state index contributed by atoms with van der Waals surface area (Å²) in [5, 5.41) is 3.37. The van der Waals surface area contributed by atoms with E-state index >= 15 is 0 Å². The molecule has 0 bridgehead atoms. The Balaban J connectivity index is 1.51. The highest BCUT2D eigenvalue weighted by atomic mass is 32.2. The molecule has 1 aliphatic rings. The second kappa shape index (κ2) is 6.00. The first-order chi connectivity index (χ1) is 14.9. The second-order valence-corrected chi connectivity index (χ2v) is 8.57. The van der Waals surface area contributed by atoms with Gasteiger partial charge in [0.1, 0.15) is 11.2 Å². The number of hydrogen-bond acceptors (Lipinski definition) is 3. The molecule has 142 valence electrons. The normalized spacial score (nSPS) is 13.1. The molecule has 0 radical (unpaired) electrons. The van der Waals surface area contributed by atoms with E-state index in [4.69, 9.17) is 9.40 Å². The van der Waals surface area contributed by atoms with Crippen molar-refractivity contribution in [2.24, 2.45) is 0 Å². The van der Waals surface area contributed by atoms with Gasteiger partial charge in [-0.25, -0.2) is 4.98 Å². The molecule has 0 spiro atoms. The second-order valence-electron chi connectivity index (χ2n) is 7.63. The minimum atomic E-state index is 0.924. The molecule has 0 atom stereocenters. The summed E-state index contributed by atoms with van der Waals surface area (Å²) in [5.74, 6) is 0.963. The predicted octanol–water partition coefficient (Wildman–Crippen LogP) is 7.20. The van der Waals surface area contributed by atoms with Gasteiger partial charge in [0, 0.05) is 22.1 Å². The molecule has 30 heavy (non-hydrogen) atoms. The lowest BCUT2D eigenvalue weighted by Gasteiger charge is -2.18. The maximum absolute atomic E-state index is 6.27. The molecular formula is C26H16N2OS. The predicted molar refractivity (Wildman–Crippen MR) is 123 cm³/mol. The maximum Gasteiger partial charge on any atom is 0.174 e. The summed E-state index contributed by atoms with van der Waals surface area (Å²) in [7, 11) is 0. The van der Waals surface area contributed by atoms with Gasteiger partial charge >= 0.3 is 0 Å². The first kappa shape index (κ1) is 16.3. The third-order valence-electron chi connectivity index (χ3n) is 5.93. The van der Waals surface area contributed by atoms with Crippen LogP contribution in [-0.2, 0) is 5.75 Å². The number of imidazole rings is 1. The van der Waals surface area contributed by atoms with Crippen LogP contribution >= 0.6 is 11.8 Å². The van der Waals surface area contributed by atoms with Crippen LogP contribution < -0.4 is 0 Å². The quantitative estimate of drug-likeness (QED) is 0.290. The van der Waals surface area contributed by atoms with Crippen LogP contribution in [-0.4, -0.2) is 9.55 Å². The highest BCUT2D eigenvalue weighted by Gasteiger charge is 2.21. The summed E-state index contributed by atoms with van der Waals surface area (Å²) in [6.07, 6.45) is 0. The van der Waals surface area contributed by atoms with Gasteiger partial charge < -0.3 is 4.42 Å². The van der Waals surface area contributed by atoms with Gasteiger partial charge in [-0.2, -0.15) is 0 Å². The Morgan fingerprint density at radius 2 is 1.70 bits per heavy atom. The Kier molecular flexibility index (Phi) is 3.26. The summed E-state index contributed by atoms with van der Waals surface area (Å²) >= 11 is 1.80. The van der Waals surface area contributed by atoms with Crippen molar-refractivity contribution in [3.05, 3.63) is 90.5 Å². The fourth-order valence-electron chi connectivity index (χ4n) is 4.52. The Morgan fingerprint density at radius 3 is 2.70 bits per heavy atom. The first-order valence-corrected chi connectivity index (χ1v) is 11.0. The topological polar surface area (TPSA) is 31.0 Å². The van der Waals surface area contributed by atoms with E-state index in [-0.39, 0.29) is 0 Å². The van der Waals surface area contributed by atoms with E-state index in [1.165, 1.54) is 11.3 Å². The summed E-state index contributed by atoms with van der Waals surface area (Å²) in [5.41, 5.74) is 8.84. The molecule has 0 saturated carbocycles. The minimum Gasteiger partial charge on any atom is -0.455 e. The Bertz CT molecular complexity index is 1610. The average molecular weight is 404 g/mol. The van der Waals surface area contributed by atoms with E-state index < -0.39 is 0 Å². The number of rotatable bonds is 1. The number of aromatic nitrogens is 2. The minimum absolute atomic E-state index is 0.924. The number of para-hydroxylation sites is 3. The summed E-state index contributed by atoms with van der Waals surface area (Å²) in [6, 6.07) is 29.7. The highest BCUT2D eigenvalue weighted by molar-refractivity contribution is 7.98. The molecular weight excluding hydrogens is 388 g/mol. The van der Waals surface area contributed by atoms with E-state index in [1.54, 1.807) is 11.8 Å². The van der Waals surface area contributed by atoms with Gasteiger partial charge in [0.05, 0.1) is 16.7 Å². The number of nitrogens with zero attached hydrogens (tertiary/aromatic N) is 2. The molecule has 2 aromatic heterocycles. The van der Waals surface area contributed by atoms with Crippen LogP contribution in [0.2, 0.25) is 0 Å². The summed E-state index contributed by atoms with van der Waals surface area (Å²) in [4.78, 5) is 4.89. The van der Waals surface area contributed by atoms with Gasteiger partial charge in [0.2, 0.25) is 0 Å². The third-order valence-corrected chi connectivity index (χ3v) is 6.92. The molecule has 3 nitrogen and oxygen atoms in total. The zero-order valence-electron chi connectivity index (χ0n) is 16.0. The molecule has 1 aliphatic heterocycles. The molecule has 4 heteroatoms. The molecule has 4 aromatic carbocycles. The van der Waals surface area contributed by atoms with Crippen LogP contribution in [0.15, 0.2) is 94.5 Å². The van der Waals surface area contributed by atoms with Crippen molar-refractivity contribution in [3.8, 4) is 16.8 Å². The average Bonchev–Trinajstić information content (AvgIpc) is 3.37. The van der Waals surface area contributed by atoms with Crippen molar-refractivity contribution in [3.63, 3.8) is 0 Å². The van der Waals surface area contributed by atoms with Gasteiger partial charge in [-0.1, -0.05) is 72.4 Å². The largest absolute Gasteiger partial charge is 0.455 e. The van der Waals surface area contributed by atoms with Crippen molar-refractivity contribution < 1.29 is 4.42 Å². The van der Waals surface area contributed by atoms with Crippen LogP contribution in [0.4, 0.5) is 0 Å². The van der Waals surface area contributed by atoms with Crippen LogP contribution in [0.5, 0.6) is 0 Å². The van der Waals surface area contributed by atoms with E-state index in [0.29, 0.717) is 0 Å². The van der Waals surface area contributed by atoms with Crippen molar-refractivity contribution in [1.82, 2.24) is 9.55 Å². The number of benzene rings is 4. The zero-order valence-corrected chi connectivity index (χ0v) is 16.8. The standard InChI is InChI=1S/C26H16N2OS/c1-3-10-22-17(6-1)15-30-26-27-21-13-12-16(14-23(21)28(22)26)18-8-5-9-20-19-7-2-4-11-24(19)29-25(18)20/h1-14H,15H2. The molecule has 0 amide bonds. The molecule has 6 aromatic rings. The SMILES string of the molecule is c1ccc2c(c1)CSc1nc3ccc(-c4cccc5c4oc4ccccc45)cc3n1-2. The summed E-state index contributed by atoms with van der Waals surface area (Å²) in [6.45, 7) is 0. The van der Waals surface area contributed by atoms with E-state index in [2.05, 4.69) is 77.4 Å². The van der Waals surface area contributed by atoms with Crippen molar-refractivity contribution in [2.75, 3.05) is 0 Å². The van der Waals surface area contributed by atoms with Crippen molar-refractivity contribution >= 4 is 44.7 Å². The molecule has 7 rings (SSSR count). The zero-order chi connectivity index (χ0) is 19.7. The Morgan fingerprint density at radius 1 is 0.833 bits per heavy atom. The first-order valence-electron chi connectivity index (χ1n) is 10.0. The molecule has 0 aliphatic carbocycles. The van der Waals surface area contributed by atoms with Crippen LogP contribution in [0.25, 0.3) is 49.8 Å². The van der Waals surface area contributed by atoms with Crippen LogP contribution in [0, 0.1) is 0 Å². The molecule has 3 heterocycles. The smallest absolute Gasteiger partial charge is 0.174 e. The lowest BCUT2D eigenvalue weighted by molar-refractivity contribution is 0.670. The Hall–Kier alpha value is -3.50. The van der Waals surface area contributed by atoms with Crippen molar-refractivity contribution in [2.45, 2.75) is 10.9 Å². The van der Waals surface area contributed by atoms with Crippen LogP contribution in [0.1, 0.15) is 5.56 Å². The van der Waals surface area contributed by atoms with Crippen molar-refractivity contribution in [1.29, 1.82) is 0 Å². The van der Waals surface area contributed by atoms with E-state index in [0.717, 1.165) is 55.0 Å². The van der Waals surface area contributed by atoms with Gasteiger partial charge in [-0.3, -0.25) is 4.57 Å². The van der Waals surface area contributed by atoms with Gasteiger partial charge in [-0.05, 0) is 35.4 Å². The molecule has 0 N–H and O–H groups in total. The highest BCUT2D eigenvalue weighted by Crippen LogP contribution is 2.40. The van der Waals surface area contributed by atoms with Crippen LogP contribution in [0.3, 0.4) is 0 Å². The fourth-order valence-corrected chi connectivity index (χ4v) is 5.54. The lowest BCUT2D eigenvalue weighted by Crippen LogP contribution is -2.05. The summed E-state index contributed by atoms with van der Waals surface area (Å²) < 4.78 is 8.57. The molecule has 0 fully saturated rings. The number of furan rings is 1. The Labute approximate surface area is 177 Å². The molecule has 0 saturated heterocycles. The monoisotopic (exact) mass is 404 g/mol.